The zero-order valence-corrected chi connectivity index (χ0v) is 16.0. The number of alkyl halides is 3. The maximum absolute atomic E-state index is 14.0. The van der Waals surface area contributed by atoms with Gasteiger partial charge in [-0.25, -0.2) is 4.98 Å². The van der Waals surface area contributed by atoms with Crippen LogP contribution >= 0.6 is 11.3 Å². The molecule has 0 unspecified atom stereocenters. The van der Waals surface area contributed by atoms with Crippen molar-refractivity contribution in [3.8, 4) is 0 Å². The number of benzene rings is 3. The van der Waals surface area contributed by atoms with Crippen LogP contribution in [0.1, 0.15) is 22.3 Å². The Hall–Kier alpha value is -3.12. The van der Waals surface area contributed by atoms with E-state index >= 15 is 0 Å². The minimum absolute atomic E-state index is 0.125. The molecule has 0 saturated carbocycles. The molecule has 0 fully saturated rings. The van der Waals surface area contributed by atoms with Crippen molar-refractivity contribution in [1.82, 2.24) is 4.98 Å². The quantitative estimate of drug-likeness (QED) is 0.377. The fourth-order valence-corrected chi connectivity index (χ4v) is 4.15. The fraction of sp³-hybridized carbons (Fsp3) is 0.0870. The molecule has 1 N–H and O–H groups in total. The van der Waals surface area contributed by atoms with E-state index in [0.29, 0.717) is 16.3 Å². The van der Waals surface area contributed by atoms with E-state index in [1.54, 1.807) is 17.6 Å². The summed E-state index contributed by atoms with van der Waals surface area (Å²) >= 11 is 1.34. The van der Waals surface area contributed by atoms with Crippen molar-refractivity contribution in [3.63, 3.8) is 0 Å². The molecule has 29 heavy (non-hydrogen) atoms. The van der Waals surface area contributed by atoms with Gasteiger partial charge in [-0.3, -0.25) is 0 Å². The predicted molar refractivity (Wildman–Crippen MR) is 110 cm³/mol. The van der Waals surface area contributed by atoms with E-state index in [2.05, 4.69) is 10.3 Å². The summed E-state index contributed by atoms with van der Waals surface area (Å²) in [6.07, 6.45) is -2.88. The smallest absolute Gasteiger partial charge is 0.344 e. The van der Waals surface area contributed by atoms with Crippen LogP contribution in [-0.4, -0.2) is 4.98 Å². The second-order valence-corrected chi connectivity index (χ2v) is 7.38. The van der Waals surface area contributed by atoms with Gasteiger partial charge in [0.2, 0.25) is 0 Å². The lowest BCUT2D eigenvalue weighted by atomic mass is 9.75. The van der Waals surface area contributed by atoms with Gasteiger partial charge in [-0.2, -0.15) is 13.2 Å². The molecule has 0 spiro atoms. The average molecular weight is 410 g/mol. The molecule has 0 radical (unpaired) electrons. The molecule has 1 heterocycles. The Kier molecular flexibility index (Phi) is 5.11. The lowest BCUT2D eigenvalue weighted by Crippen LogP contribution is -2.40. The largest absolute Gasteiger partial charge is 0.416 e. The molecular weight excluding hydrogens is 393 g/mol. The van der Waals surface area contributed by atoms with Crippen molar-refractivity contribution in [1.29, 1.82) is 0 Å². The monoisotopic (exact) mass is 410 g/mol. The number of rotatable bonds is 5. The summed E-state index contributed by atoms with van der Waals surface area (Å²) in [6.45, 7) is 0. The summed E-state index contributed by atoms with van der Waals surface area (Å²) in [6, 6.07) is 24.0. The first-order valence-corrected chi connectivity index (χ1v) is 9.85. The SMILES string of the molecule is FC(F)(F)c1ccccc1C(Nc1nccs1)(c1ccccc1)c1ccccc1. The van der Waals surface area contributed by atoms with Crippen molar-refractivity contribution < 1.29 is 13.2 Å². The van der Waals surface area contributed by atoms with Gasteiger partial charge in [-0.1, -0.05) is 78.9 Å². The maximum Gasteiger partial charge on any atom is 0.416 e. The number of hydrogen-bond acceptors (Lipinski definition) is 3. The van der Waals surface area contributed by atoms with Crippen molar-refractivity contribution in [2.24, 2.45) is 0 Å². The van der Waals surface area contributed by atoms with E-state index in [1.807, 2.05) is 60.7 Å². The van der Waals surface area contributed by atoms with Crippen LogP contribution in [0.3, 0.4) is 0 Å². The molecular formula is C23H17F3N2S. The predicted octanol–water partition coefficient (Wildman–Crippen LogP) is 6.57. The van der Waals surface area contributed by atoms with Crippen molar-refractivity contribution in [2.45, 2.75) is 11.7 Å². The molecule has 6 heteroatoms. The van der Waals surface area contributed by atoms with Gasteiger partial charge in [0.1, 0.15) is 5.54 Å². The molecule has 4 aromatic rings. The van der Waals surface area contributed by atoms with Crippen LogP contribution in [0.2, 0.25) is 0 Å². The number of halogens is 3. The van der Waals surface area contributed by atoms with Crippen LogP contribution in [0.25, 0.3) is 0 Å². The average Bonchev–Trinajstić information content (AvgIpc) is 3.26. The van der Waals surface area contributed by atoms with E-state index in [4.69, 9.17) is 0 Å². The van der Waals surface area contributed by atoms with Crippen molar-refractivity contribution >= 4 is 16.5 Å². The first kappa shape index (κ1) is 19.2. The Balaban J connectivity index is 2.09. The normalized spacial score (nSPS) is 12.0. The van der Waals surface area contributed by atoms with E-state index in [1.165, 1.54) is 23.5 Å². The highest BCUT2D eigenvalue weighted by molar-refractivity contribution is 7.13. The Bertz CT molecular complexity index is 1020. The third-order valence-electron chi connectivity index (χ3n) is 4.78. The second kappa shape index (κ2) is 7.72. The van der Waals surface area contributed by atoms with Gasteiger partial charge in [0.15, 0.2) is 5.13 Å². The summed E-state index contributed by atoms with van der Waals surface area (Å²) in [5.74, 6) is 0. The molecule has 0 aliphatic carbocycles. The lowest BCUT2D eigenvalue weighted by molar-refractivity contribution is -0.138. The molecule has 146 valence electrons. The van der Waals surface area contributed by atoms with Gasteiger partial charge in [0.05, 0.1) is 5.56 Å². The van der Waals surface area contributed by atoms with Gasteiger partial charge >= 0.3 is 6.18 Å². The standard InChI is InChI=1S/C23H17F3N2S/c24-23(25,26)20-14-8-7-13-19(20)22(17-9-3-1-4-10-17,18-11-5-2-6-12-18)28-21-27-15-16-29-21/h1-16H,(H,27,28). The first-order valence-electron chi connectivity index (χ1n) is 8.97. The zero-order valence-electron chi connectivity index (χ0n) is 15.2. The van der Waals surface area contributed by atoms with Gasteiger partial charge in [-0.05, 0) is 22.8 Å². The molecule has 0 atom stereocenters. The van der Waals surface area contributed by atoms with Gasteiger partial charge in [-0.15, -0.1) is 11.3 Å². The molecule has 0 saturated heterocycles. The van der Waals surface area contributed by atoms with Gasteiger partial charge in [0, 0.05) is 11.6 Å². The summed E-state index contributed by atoms with van der Waals surface area (Å²) in [5, 5.41) is 5.67. The summed E-state index contributed by atoms with van der Waals surface area (Å²) in [4.78, 5) is 4.30. The Morgan fingerprint density at radius 2 is 1.21 bits per heavy atom. The number of anilines is 1. The zero-order chi connectivity index (χ0) is 20.3. The third-order valence-corrected chi connectivity index (χ3v) is 5.47. The molecule has 3 aromatic carbocycles. The highest BCUT2D eigenvalue weighted by atomic mass is 32.1. The van der Waals surface area contributed by atoms with Crippen LogP contribution in [0.5, 0.6) is 0 Å². The van der Waals surface area contributed by atoms with Crippen LogP contribution < -0.4 is 5.32 Å². The van der Waals surface area contributed by atoms with Crippen molar-refractivity contribution in [3.05, 3.63) is 119 Å². The number of hydrogen-bond donors (Lipinski definition) is 1. The van der Waals surface area contributed by atoms with Crippen LogP contribution in [0.15, 0.2) is 96.5 Å². The number of nitrogens with zero attached hydrogens (tertiary/aromatic N) is 1. The van der Waals surface area contributed by atoms with E-state index in [9.17, 15) is 13.2 Å². The molecule has 4 rings (SSSR count). The molecule has 0 bridgehead atoms. The maximum atomic E-state index is 14.0. The first-order chi connectivity index (χ1) is 14.0. The van der Waals surface area contributed by atoms with Crippen LogP contribution in [-0.2, 0) is 11.7 Å². The molecule has 0 aliphatic heterocycles. The molecule has 1 aromatic heterocycles. The van der Waals surface area contributed by atoms with Crippen LogP contribution in [0.4, 0.5) is 18.3 Å². The molecule has 2 nitrogen and oxygen atoms in total. The Labute approximate surface area is 170 Å². The number of nitrogens with one attached hydrogen (secondary N) is 1. The minimum Gasteiger partial charge on any atom is -0.344 e. The number of aromatic nitrogens is 1. The molecule has 0 aliphatic rings. The summed E-state index contributed by atoms with van der Waals surface area (Å²) in [7, 11) is 0. The van der Waals surface area contributed by atoms with Crippen molar-refractivity contribution in [2.75, 3.05) is 5.32 Å². The Morgan fingerprint density at radius 1 is 0.690 bits per heavy atom. The highest BCUT2D eigenvalue weighted by Crippen LogP contribution is 2.45. The Morgan fingerprint density at radius 3 is 1.69 bits per heavy atom. The van der Waals surface area contributed by atoms with E-state index in [0.717, 1.165) is 6.07 Å². The van der Waals surface area contributed by atoms with E-state index < -0.39 is 17.3 Å². The minimum atomic E-state index is -4.50. The van der Waals surface area contributed by atoms with Crippen LogP contribution in [0, 0.1) is 0 Å². The second-order valence-electron chi connectivity index (χ2n) is 6.49. The van der Waals surface area contributed by atoms with Gasteiger partial charge < -0.3 is 5.32 Å². The highest BCUT2D eigenvalue weighted by Gasteiger charge is 2.44. The number of thiazole rings is 1. The summed E-state index contributed by atoms with van der Waals surface area (Å²) in [5.41, 5.74) is -0.444. The fourth-order valence-electron chi connectivity index (χ4n) is 3.57. The summed E-state index contributed by atoms with van der Waals surface area (Å²) < 4.78 is 42.1. The topological polar surface area (TPSA) is 24.9 Å². The molecule has 0 amide bonds. The van der Waals surface area contributed by atoms with E-state index in [-0.39, 0.29) is 5.56 Å². The lowest BCUT2D eigenvalue weighted by Gasteiger charge is -2.38. The third kappa shape index (κ3) is 3.63. The van der Waals surface area contributed by atoms with Gasteiger partial charge in [0.25, 0.3) is 0 Å².